The SMILES string of the molecule is Cn1c(=O)[nH]c(=O)c2c1nc(N/N=C/C=C/c1ccccc1)n2CC(O)COc1ccc(Br)cc1. The number of anilines is 1. The van der Waals surface area contributed by atoms with Gasteiger partial charge < -0.3 is 14.4 Å². The fourth-order valence-corrected chi connectivity index (χ4v) is 3.61. The Morgan fingerprint density at radius 3 is 2.69 bits per heavy atom. The molecule has 35 heavy (non-hydrogen) atoms. The summed E-state index contributed by atoms with van der Waals surface area (Å²) in [6.45, 7) is -0.0421. The van der Waals surface area contributed by atoms with Gasteiger partial charge in [0.15, 0.2) is 11.2 Å². The predicted molar refractivity (Wildman–Crippen MR) is 139 cm³/mol. The van der Waals surface area contributed by atoms with E-state index >= 15 is 0 Å². The molecule has 11 heteroatoms. The molecule has 0 aliphatic rings. The minimum Gasteiger partial charge on any atom is -0.491 e. The lowest BCUT2D eigenvalue weighted by Crippen LogP contribution is -2.30. The number of aliphatic hydroxyl groups excluding tert-OH is 1. The van der Waals surface area contributed by atoms with Crippen LogP contribution in [0, 0.1) is 0 Å². The second kappa shape index (κ2) is 11.0. The first kappa shape index (κ1) is 24.2. The number of allylic oxidation sites excluding steroid dienone is 1. The summed E-state index contributed by atoms with van der Waals surface area (Å²) in [5.74, 6) is 0.787. The van der Waals surface area contributed by atoms with Crippen molar-refractivity contribution in [2.75, 3.05) is 12.0 Å². The zero-order valence-corrected chi connectivity index (χ0v) is 20.3. The van der Waals surface area contributed by atoms with Crippen molar-refractivity contribution in [1.29, 1.82) is 0 Å². The lowest BCUT2D eigenvalue weighted by atomic mass is 10.2. The van der Waals surface area contributed by atoms with Crippen molar-refractivity contribution < 1.29 is 9.84 Å². The van der Waals surface area contributed by atoms with Crippen LogP contribution in [-0.2, 0) is 13.6 Å². The largest absolute Gasteiger partial charge is 0.491 e. The summed E-state index contributed by atoms with van der Waals surface area (Å²) in [5, 5.41) is 14.8. The summed E-state index contributed by atoms with van der Waals surface area (Å²) >= 11 is 3.36. The number of hydrazone groups is 1. The number of nitrogens with one attached hydrogen (secondary N) is 2. The molecule has 3 N–H and O–H groups in total. The van der Waals surface area contributed by atoms with E-state index in [1.807, 2.05) is 48.5 Å². The van der Waals surface area contributed by atoms with Gasteiger partial charge >= 0.3 is 5.69 Å². The quantitative estimate of drug-likeness (QED) is 0.222. The highest BCUT2D eigenvalue weighted by molar-refractivity contribution is 9.10. The molecule has 0 bridgehead atoms. The molecule has 0 fully saturated rings. The van der Waals surface area contributed by atoms with E-state index in [4.69, 9.17) is 4.74 Å². The summed E-state index contributed by atoms with van der Waals surface area (Å²) in [6.07, 6.45) is 4.19. The van der Waals surface area contributed by atoms with Gasteiger partial charge in [0, 0.05) is 17.7 Å². The molecule has 0 saturated carbocycles. The third-order valence-electron chi connectivity index (χ3n) is 5.07. The number of ether oxygens (including phenoxy) is 1. The van der Waals surface area contributed by atoms with Gasteiger partial charge in [-0.1, -0.05) is 52.3 Å². The van der Waals surface area contributed by atoms with Crippen molar-refractivity contribution in [3.63, 3.8) is 0 Å². The van der Waals surface area contributed by atoms with E-state index in [-0.39, 0.29) is 30.3 Å². The van der Waals surface area contributed by atoms with E-state index in [1.165, 1.54) is 22.4 Å². The summed E-state index contributed by atoms with van der Waals surface area (Å²) in [7, 11) is 1.50. The molecule has 0 saturated heterocycles. The van der Waals surface area contributed by atoms with Crippen LogP contribution in [0.15, 0.2) is 79.8 Å². The van der Waals surface area contributed by atoms with Gasteiger partial charge in [0.05, 0.1) is 6.54 Å². The van der Waals surface area contributed by atoms with E-state index in [1.54, 1.807) is 18.2 Å². The van der Waals surface area contributed by atoms with Crippen LogP contribution in [0.2, 0.25) is 0 Å². The number of nitrogens with zero attached hydrogens (tertiary/aromatic N) is 4. The Morgan fingerprint density at radius 1 is 1.20 bits per heavy atom. The number of fused-ring (bicyclic) bond motifs is 1. The molecule has 0 aliphatic carbocycles. The van der Waals surface area contributed by atoms with Gasteiger partial charge in [-0.2, -0.15) is 10.1 Å². The number of benzene rings is 2. The molecule has 180 valence electrons. The van der Waals surface area contributed by atoms with Gasteiger partial charge in [-0.25, -0.2) is 10.2 Å². The molecule has 0 amide bonds. The van der Waals surface area contributed by atoms with Gasteiger partial charge in [0.2, 0.25) is 5.95 Å². The van der Waals surface area contributed by atoms with Gasteiger partial charge in [-0.15, -0.1) is 0 Å². The Balaban J connectivity index is 1.55. The van der Waals surface area contributed by atoms with E-state index in [2.05, 4.69) is 36.4 Å². The number of hydrogen-bond donors (Lipinski definition) is 3. The predicted octanol–water partition coefficient (Wildman–Crippen LogP) is 2.74. The maximum absolute atomic E-state index is 12.6. The Hall–Kier alpha value is -3.96. The molecule has 10 nitrogen and oxygen atoms in total. The number of hydrogen-bond acceptors (Lipinski definition) is 7. The van der Waals surface area contributed by atoms with Gasteiger partial charge in [-0.05, 0) is 35.9 Å². The second-order valence-corrected chi connectivity index (χ2v) is 8.53. The maximum atomic E-state index is 12.6. The summed E-state index contributed by atoms with van der Waals surface area (Å²) < 4.78 is 9.26. The number of H-pyrrole nitrogens is 1. The van der Waals surface area contributed by atoms with Crippen molar-refractivity contribution in [1.82, 2.24) is 19.1 Å². The van der Waals surface area contributed by atoms with Gasteiger partial charge in [-0.3, -0.25) is 14.3 Å². The van der Waals surface area contributed by atoms with Crippen LogP contribution in [-0.4, -0.2) is 43.1 Å². The highest BCUT2D eigenvalue weighted by Gasteiger charge is 2.19. The zero-order valence-electron chi connectivity index (χ0n) is 18.8. The first-order valence-electron chi connectivity index (χ1n) is 10.7. The van der Waals surface area contributed by atoms with Crippen molar-refractivity contribution in [2.45, 2.75) is 12.6 Å². The van der Waals surface area contributed by atoms with Gasteiger partial charge in [0.25, 0.3) is 5.56 Å². The molecular formula is C24H23BrN6O4. The topological polar surface area (TPSA) is 127 Å². The van der Waals surface area contributed by atoms with Crippen LogP contribution in [0.3, 0.4) is 0 Å². The fourth-order valence-electron chi connectivity index (χ4n) is 3.34. The minimum atomic E-state index is -0.977. The van der Waals surface area contributed by atoms with Crippen LogP contribution in [0.5, 0.6) is 5.75 Å². The molecular weight excluding hydrogens is 516 g/mol. The molecule has 1 unspecified atom stereocenters. The zero-order chi connectivity index (χ0) is 24.8. The number of halogens is 1. The van der Waals surface area contributed by atoms with Crippen LogP contribution in [0.4, 0.5) is 5.95 Å². The van der Waals surface area contributed by atoms with E-state index in [9.17, 15) is 14.7 Å². The molecule has 0 aliphatic heterocycles. The van der Waals surface area contributed by atoms with Gasteiger partial charge in [0.1, 0.15) is 18.5 Å². The van der Waals surface area contributed by atoms with E-state index < -0.39 is 17.4 Å². The molecule has 2 aromatic carbocycles. The number of aryl methyl sites for hydroxylation is 1. The third-order valence-corrected chi connectivity index (χ3v) is 5.60. The summed E-state index contributed by atoms with van der Waals surface area (Å²) in [4.78, 5) is 31.3. The first-order valence-corrected chi connectivity index (χ1v) is 11.5. The lowest BCUT2D eigenvalue weighted by Gasteiger charge is -2.15. The highest BCUT2D eigenvalue weighted by Crippen LogP contribution is 2.18. The number of aromatic nitrogens is 4. The first-order chi connectivity index (χ1) is 16.9. The molecule has 0 spiro atoms. The van der Waals surface area contributed by atoms with Crippen LogP contribution >= 0.6 is 15.9 Å². The number of aliphatic hydroxyl groups is 1. The van der Waals surface area contributed by atoms with Crippen molar-refractivity contribution in [3.8, 4) is 5.75 Å². The smallest absolute Gasteiger partial charge is 0.329 e. The molecule has 4 aromatic rings. The second-order valence-electron chi connectivity index (χ2n) is 7.62. The standard InChI is InChI=1S/C24H23BrN6O4/c1-30-21-20(22(33)28-24(30)34)31(14-18(32)15-35-19-11-9-17(25)10-12-19)23(27-21)29-26-13-5-8-16-6-3-2-4-7-16/h2-13,18,32H,14-15H2,1H3,(H,27,29)(H,28,33,34)/b8-5+,26-13+. The Kier molecular flexibility index (Phi) is 7.58. The summed E-state index contributed by atoms with van der Waals surface area (Å²) in [6, 6.07) is 16.9. The average molecular weight is 539 g/mol. The van der Waals surface area contributed by atoms with Crippen molar-refractivity contribution in [3.05, 3.63) is 91.5 Å². The third kappa shape index (κ3) is 5.94. The maximum Gasteiger partial charge on any atom is 0.329 e. The minimum absolute atomic E-state index is 0.0203. The molecule has 2 heterocycles. The Bertz CT molecular complexity index is 1470. The molecule has 2 aromatic heterocycles. The highest BCUT2D eigenvalue weighted by atomic mass is 79.9. The summed E-state index contributed by atoms with van der Waals surface area (Å²) in [5.41, 5.74) is 2.90. The van der Waals surface area contributed by atoms with Crippen molar-refractivity contribution in [2.24, 2.45) is 12.1 Å². The average Bonchev–Trinajstić information content (AvgIpc) is 3.21. The Labute approximate surface area is 208 Å². The van der Waals surface area contributed by atoms with E-state index in [0.29, 0.717) is 5.75 Å². The number of rotatable bonds is 9. The lowest BCUT2D eigenvalue weighted by molar-refractivity contribution is 0.0938. The molecule has 4 rings (SSSR count). The van der Waals surface area contributed by atoms with Crippen LogP contribution in [0.25, 0.3) is 17.2 Å². The fraction of sp³-hybridized carbons (Fsp3) is 0.167. The van der Waals surface area contributed by atoms with Crippen molar-refractivity contribution >= 4 is 45.3 Å². The number of aromatic amines is 1. The normalized spacial score (nSPS) is 12.5. The van der Waals surface area contributed by atoms with Crippen LogP contribution in [0.1, 0.15) is 5.56 Å². The molecule has 0 radical (unpaired) electrons. The van der Waals surface area contributed by atoms with Crippen LogP contribution < -0.4 is 21.4 Å². The monoisotopic (exact) mass is 538 g/mol. The number of imidazole rings is 1. The Morgan fingerprint density at radius 2 is 1.94 bits per heavy atom. The van der Waals surface area contributed by atoms with E-state index in [0.717, 1.165) is 10.0 Å². The molecule has 1 atom stereocenters.